The van der Waals surface area contributed by atoms with Gasteiger partial charge in [0, 0.05) is 18.5 Å². The first-order valence-electron chi connectivity index (χ1n) is 3.73. The summed E-state index contributed by atoms with van der Waals surface area (Å²) >= 11 is 5.04. The highest BCUT2D eigenvalue weighted by Crippen LogP contribution is 2.15. The van der Waals surface area contributed by atoms with Gasteiger partial charge in [-0.25, -0.2) is 4.79 Å². The van der Waals surface area contributed by atoms with E-state index in [1.54, 1.807) is 24.0 Å². The lowest BCUT2D eigenvalue weighted by Gasteiger charge is -2.01. The summed E-state index contributed by atoms with van der Waals surface area (Å²) in [6.45, 7) is 0.828. The number of aromatic nitrogens is 1. The van der Waals surface area contributed by atoms with Crippen LogP contribution in [0.1, 0.15) is 10.4 Å². The van der Waals surface area contributed by atoms with Crippen molar-refractivity contribution in [2.45, 2.75) is 6.54 Å². The van der Waals surface area contributed by atoms with Crippen LogP contribution in [0.5, 0.6) is 0 Å². The fourth-order valence-corrected chi connectivity index (χ4v) is 1.86. The van der Waals surface area contributed by atoms with Crippen molar-refractivity contribution in [1.82, 2.24) is 4.57 Å². The summed E-state index contributed by atoms with van der Waals surface area (Å²) in [6, 6.07) is 1.61. The highest BCUT2D eigenvalue weighted by molar-refractivity contribution is 9.10. The van der Waals surface area contributed by atoms with Crippen molar-refractivity contribution in [2.75, 3.05) is 12.0 Å². The molecule has 0 aromatic carbocycles. The van der Waals surface area contributed by atoms with Crippen molar-refractivity contribution < 1.29 is 9.90 Å². The normalized spacial score (nSPS) is 10.3. The average molecular weight is 264 g/mol. The molecule has 0 atom stereocenters. The van der Waals surface area contributed by atoms with Gasteiger partial charge in [-0.1, -0.05) is 0 Å². The Hall–Kier alpha value is -0.420. The fourth-order valence-electron chi connectivity index (χ4n) is 0.956. The summed E-state index contributed by atoms with van der Waals surface area (Å²) in [7, 11) is 0. The minimum atomic E-state index is -0.886. The smallest absolute Gasteiger partial charge is 0.337 e. The topological polar surface area (TPSA) is 42.2 Å². The number of nitrogens with zero attached hydrogens (tertiary/aromatic N) is 1. The molecule has 0 radical (unpaired) electrons. The molecule has 0 saturated heterocycles. The molecule has 1 N–H and O–H groups in total. The van der Waals surface area contributed by atoms with Gasteiger partial charge < -0.3 is 9.67 Å². The number of aromatic carboxylic acids is 1. The molecule has 0 aliphatic heterocycles. The molecule has 0 spiro atoms. The molecular formula is C8H10BrNO2S. The Labute approximate surface area is 89.3 Å². The highest BCUT2D eigenvalue weighted by Gasteiger charge is 2.08. The number of rotatable bonds is 4. The van der Waals surface area contributed by atoms with Crippen LogP contribution in [0.25, 0.3) is 0 Å². The van der Waals surface area contributed by atoms with Crippen LogP contribution in [0.2, 0.25) is 0 Å². The van der Waals surface area contributed by atoms with E-state index in [-0.39, 0.29) is 0 Å². The molecule has 3 nitrogen and oxygen atoms in total. The molecule has 0 unspecified atom stereocenters. The fraction of sp³-hybridized carbons (Fsp3) is 0.375. The van der Waals surface area contributed by atoms with Gasteiger partial charge in [-0.2, -0.15) is 11.8 Å². The van der Waals surface area contributed by atoms with E-state index in [9.17, 15) is 4.79 Å². The summed E-state index contributed by atoms with van der Waals surface area (Å²) in [5.41, 5.74) is 0.327. The monoisotopic (exact) mass is 263 g/mol. The quantitative estimate of drug-likeness (QED) is 0.907. The first-order chi connectivity index (χ1) is 6.15. The second kappa shape index (κ2) is 4.72. The molecule has 5 heteroatoms. The van der Waals surface area contributed by atoms with Gasteiger partial charge >= 0.3 is 5.97 Å². The zero-order valence-electron chi connectivity index (χ0n) is 7.16. The van der Waals surface area contributed by atoms with E-state index in [0.717, 1.165) is 16.9 Å². The molecule has 1 aromatic rings. The lowest BCUT2D eigenvalue weighted by atomic mass is 10.4. The third-order valence-corrected chi connectivity index (χ3v) is 2.90. The number of carboxylic acid groups (broad SMARTS) is 1. The summed E-state index contributed by atoms with van der Waals surface area (Å²) < 4.78 is 2.71. The van der Waals surface area contributed by atoms with Crippen molar-refractivity contribution in [3.8, 4) is 0 Å². The second-order valence-electron chi connectivity index (χ2n) is 2.54. The molecule has 0 aliphatic carbocycles. The predicted octanol–water partition coefficient (Wildman–Crippen LogP) is 2.31. The van der Waals surface area contributed by atoms with Crippen LogP contribution >= 0.6 is 27.7 Å². The van der Waals surface area contributed by atoms with Crippen LogP contribution in [0.4, 0.5) is 0 Å². The Bertz CT molecular complexity index is 311. The zero-order chi connectivity index (χ0) is 9.84. The van der Waals surface area contributed by atoms with Crippen molar-refractivity contribution in [1.29, 1.82) is 0 Å². The van der Waals surface area contributed by atoms with Crippen LogP contribution in [-0.4, -0.2) is 27.7 Å². The SMILES string of the molecule is CSCCn1cc(C(=O)O)cc1Br. The third-order valence-electron chi connectivity index (χ3n) is 1.63. The van der Waals surface area contributed by atoms with Gasteiger partial charge in [0.05, 0.1) is 10.2 Å². The van der Waals surface area contributed by atoms with E-state index in [2.05, 4.69) is 15.9 Å². The lowest BCUT2D eigenvalue weighted by Crippen LogP contribution is -1.99. The summed E-state index contributed by atoms with van der Waals surface area (Å²) in [6.07, 6.45) is 3.66. The van der Waals surface area contributed by atoms with Gasteiger partial charge in [-0.3, -0.25) is 0 Å². The van der Waals surface area contributed by atoms with E-state index >= 15 is 0 Å². The van der Waals surface area contributed by atoms with Crippen molar-refractivity contribution in [3.63, 3.8) is 0 Å². The number of carboxylic acids is 1. The Morgan fingerprint density at radius 1 is 1.77 bits per heavy atom. The maximum absolute atomic E-state index is 10.6. The van der Waals surface area contributed by atoms with E-state index < -0.39 is 5.97 Å². The molecule has 1 rings (SSSR count). The van der Waals surface area contributed by atoms with Crippen LogP contribution in [-0.2, 0) is 6.54 Å². The first kappa shape index (κ1) is 10.7. The van der Waals surface area contributed by atoms with Crippen molar-refractivity contribution in [3.05, 3.63) is 22.4 Å². The largest absolute Gasteiger partial charge is 0.478 e. The van der Waals surface area contributed by atoms with E-state index in [0.29, 0.717) is 5.56 Å². The van der Waals surface area contributed by atoms with Gasteiger partial charge in [-0.15, -0.1) is 0 Å². The van der Waals surface area contributed by atoms with Gasteiger partial charge in [-0.05, 0) is 28.3 Å². The van der Waals surface area contributed by atoms with Gasteiger partial charge in [0.15, 0.2) is 0 Å². The molecule has 13 heavy (non-hydrogen) atoms. The van der Waals surface area contributed by atoms with E-state index in [4.69, 9.17) is 5.11 Å². The number of aryl methyl sites for hydroxylation is 1. The number of halogens is 1. The van der Waals surface area contributed by atoms with Crippen LogP contribution in [0.3, 0.4) is 0 Å². The van der Waals surface area contributed by atoms with Crippen LogP contribution in [0.15, 0.2) is 16.9 Å². The number of carbonyl (C=O) groups is 1. The Kier molecular flexibility index (Phi) is 3.87. The average Bonchev–Trinajstić information content (AvgIpc) is 2.44. The molecular weight excluding hydrogens is 254 g/mol. The lowest BCUT2D eigenvalue weighted by molar-refractivity contribution is 0.0697. The number of thioether (sulfide) groups is 1. The van der Waals surface area contributed by atoms with E-state index in [1.165, 1.54) is 0 Å². The van der Waals surface area contributed by atoms with Gasteiger partial charge in [0.2, 0.25) is 0 Å². The molecule has 0 fully saturated rings. The van der Waals surface area contributed by atoms with Gasteiger partial charge in [0.1, 0.15) is 0 Å². The van der Waals surface area contributed by atoms with Crippen molar-refractivity contribution in [2.24, 2.45) is 0 Å². The molecule has 0 aliphatic rings. The Morgan fingerprint density at radius 3 is 2.92 bits per heavy atom. The molecule has 0 bridgehead atoms. The molecule has 1 heterocycles. The van der Waals surface area contributed by atoms with Crippen molar-refractivity contribution >= 4 is 33.7 Å². The maximum atomic E-state index is 10.6. The predicted molar refractivity (Wildman–Crippen MR) is 57.5 cm³/mol. The maximum Gasteiger partial charge on any atom is 0.337 e. The second-order valence-corrected chi connectivity index (χ2v) is 4.34. The van der Waals surface area contributed by atoms with E-state index in [1.807, 2.05) is 10.8 Å². The first-order valence-corrected chi connectivity index (χ1v) is 5.91. The summed E-state index contributed by atoms with van der Waals surface area (Å²) in [5, 5.41) is 8.71. The highest BCUT2D eigenvalue weighted by atomic mass is 79.9. The minimum Gasteiger partial charge on any atom is -0.478 e. The number of hydrogen-bond acceptors (Lipinski definition) is 2. The molecule has 0 saturated carbocycles. The number of hydrogen-bond donors (Lipinski definition) is 1. The molecule has 1 aromatic heterocycles. The molecule has 72 valence electrons. The molecule has 0 amide bonds. The van der Waals surface area contributed by atoms with Crippen LogP contribution in [0, 0.1) is 0 Å². The van der Waals surface area contributed by atoms with Crippen LogP contribution < -0.4 is 0 Å². The Morgan fingerprint density at radius 2 is 2.46 bits per heavy atom. The standard InChI is InChI=1S/C8H10BrNO2S/c1-13-3-2-10-5-6(8(11)12)4-7(10)9/h4-5H,2-3H2,1H3,(H,11,12). The van der Waals surface area contributed by atoms with Gasteiger partial charge in [0.25, 0.3) is 0 Å². The minimum absolute atomic E-state index is 0.327. The Balaban J connectivity index is 2.77. The summed E-state index contributed by atoms with van der Waals surface area (Å²) in [5.74, 6) is 0.0930. The zero-order valence-corrected chi connectivity index (χ0v) is 9.56. The third kappa shape index (κ3) is 2.77. The summed E-state index contributed by atoms with van der Waals surface area (Å²) in [4.78, 5) is 10.6.